The number of hydrogen-bond acceptors (Lipinski definition) is 1. The Balaban J connectivity index is 4.89. The number of halogens is 2. The van der Waals surface area contributed by atoms with Gasteiger partial charge in [-0.2, -0.15) is 0 Å². The second kappa shape index (κ2) is 4.99. The van der Waals surface area contributed by atoms with E-state index in [1.165, 1.54) is 13.2 Å². The summed E-state index contributed by atoms with van der Waals surface area (Å²) in [5, 5.41) is 0.00458. The van der Waals surface area contributed by atoms with Crippen LogP contribution < -0.4 is 0 Å². The Kier molecular flexibility index (Phi) is 4.67. The molecule has 0 saturated heterocycles. The Hall–Kier alpha value is -0.760. The summed E-state index contributed by atoms with van der Waals surface area (Å²) in [6, 6.07) is 0. The van der Waals surface area contributed by atoms with Crippen molar-refractivity contribution in [2.24, 2.45) is 0 Å². The minimum Gasteiger partial charge on any atom is -0.494 e. The third kappa shape index (κ3) is 2.70. The predicted octanol–water partition coefficient (Wildman–Crippen LogP) is 3.53. The van der Waals surface area contributed by atoms with Crippen LogP contribution in [0.2, 0.25) is 0 Å². The molecule has 0 aliphatic rings. The third-order valence-electron chi connectivity index (χ3n) is 1.27. The van der Waals surface area contributed by atoms with Crippen molar-refractivity contribution < 1.29 is 9.13 Å². The molecule has 0 spiro atoms. The van der Waals surface area contributed by atoms with E-state index < -0.39 is 5.83 Å². The Morgan fingerprint density at radius 2 is 2.08 bits per heavy atom. The van der Waals surface area contributed by atoms with E-state index in [9.17, 15) is 4.39 Å². The lowest BCUT2D eigenvalue weighted by Crippen LogP contribution is -1.90. The Morgan fingerprint density at radius 1 is 1.58 bits per heavy atom. The number of allylic oxidation sites excluding steroid dienone is 4. The first kappa shape index (κ1) is 11.2. The molecule has 0 aliphatic heterocycles. The maximum Gasteiger partial charge on any atom is 0.183 e. The van der Waals surface area contributed by atoms with Crippen molar-refractivity contribution in [2.75, 3.05) is 7.11 Å². The van der Waals surface area contributed by atoms with Crippen molar-refractivity contribution in [3.05, 3.63) is 34.8 Å². The molecular formula is C9H12ClFO. The van der Waals surface area contributed by atoms with E-state index in [0.29, 0.717) is 5.57 Å². The molecule has 0 unspecified atom stereocenters. The van der Waals surface area contributed by atoms with Crippen molar-refractivity contribution >= 4 is 11.6 Å². The molecule has 0 aromatic carbocycles. The van der Waals surface area contributed by atoms with Gasteiger partial charge in [-0.3, -0.25) is 0 Å². The first-order chi connectivity index (χ1) is 5.54. The van der Waals surface area contributed by atoms with Gasteiger partial charge in [0.1, 0.15) is 0 Å². The van der Waals surface area contributed by atoms with Crippen LogP contribution in [0.3, 0.4) is 0 Å². The van der Waals surface area contributed by atoms with Gasteiger partial charge in [0.05, 0.1) is 12.1 Å². The molecule has 0 N–H and O–H groups in total. The van der Waals surface area contributed by atoms with Crippen molar-refractivity contribution in [3.8, 4) is 0 Å². The summed E-state index contributed by atoms with van der Waals surface area (Å²) < 4.78 is 17.9. The van der Waals surface area contributed by atoms with E-state index in [4.69, 9.17) is 16.3 Å². The third-order valence-corrected chi connectivity index (χ3v) is 1.75. The Morgan fingerprint density at radius 3 is 2.33 bits per heavy atom. The van der Waals surface area contributed by atoms with Crippen LogP contribution >= 0.6 is 11.6 Å². The van der Waals surface area contributed by atoms with Crippen LogP contribution in [0.5, 0.6) is 0 Å². The average Bonchev–Trinajstić information content (AvgIpc) is 2.05. The van der Waals surface area contributed by atoms with Gasteiger partial charge in [-0.15, -0.1) is 0 Å². The van der Waals surface area contributed by atoms with Crippen LogP contribution in [0.25, 0.3) is 0 Å². The fourth-order valence-corrected chi connectivity index (χ4v) is 0.723. The van der Waals surface area contributed by atoms with Gasteiger partial charge in [-0.25, -0.2) is 4.39 Å². The lowest BCUT2D eigenvalue weighted by Gasteiger charge is -2.04. The van der Waals surface area contributed by atoms with E-state index in [2.05, 4.69) is 6.58 Å². The van der Waals surface area contributed by atoms with Gasteiger partial charge in [-0.1, -0.05) is 18.2 Å². The second-order valence-corrected chi connectivity index (χ2v) is 2.64. The zero-order valence-electron chi connectivity index (χ0n) is 7.45. The van der Waals surface area contributed by atoms with Crippen LogP contribution in [0, 0.1) is 0 Å². The fourth-order valence-electron chi connectivity index (χ4n) is 0.630. The monoisotopic (exact) mass is 190 g/mol. The van der Waals surface area contributed by atoms with Gasteiger partial charge in [-0.05, 0) is 25.5 Å². The normalized spacial score (nSPS) is 13.9. The number of hydrogen-bond donors (Lipinski definition) is 0. The van der Waals surface area contributed by atoms with Crippen molar-refractivity contribution in [2.45, 2.75) is 13.8 Å². The van der Waals surface area contributed by atoms with Crippen LogP contribution in [-0.4, -0.2) is 7.11 Å². The molecule has 68 valence electrons. The molecule has 0 amide bonds. The van der Waals surface area contributed by atoms with E-state index in [0.717, 1.165) is 0 Å². The fraction of sp³-hybridized carbons (Fsp3) is 0.333. The minimum absolute atomic E-state index is 0.00458. The first-order valence-corrected chi connectivity index (χ1v) is 3.84. The molecule has 0 aliphatic carbocycles. The molecule has 3 heteroatoms. The molecule has 0 saturated carbocycles. The molecule has 12 heavy (non-hydrogen) atoms. The van der Waals surface area contributed by atoms with Crippen molar-refractivity contribution in [3.63, 3.8) is 0 Å². The van der Waals surface area contributed by atoms with E-state index in [1.54, 1.807) is 13.8 Å². The highest BCUT2D eigenvalue weighted by molar-refractivity contribution is 6.32. The summed E-state index contributed by atoms with van der Waals surface area (Å²) in [5.41, 5.74) is 0.477. The van der Waals surface area contributed by atoms with Gasteiger partial charge < -0.3 is 4.74 Å². The molecular weight excluding hydrogens is 179 g/mol. The molecule has 0 rings (SSSR count). The topological polar surface area (TPSA) is 9.23 Å². The highest BCUT2D eigenvalue weighted by Gasteiger charge is 2.09. The molecule has 0 fully saturated rings. The smallest absolute Gasteiger partial charge is 0.183 e. The van der Waals surface area contributed by atoms with E-state index in [-0.39, 0.29) is 10.8 Å². The minimum atomic E-state index is -0.575. The van der Waals surface area contributed by atoms with Crippen LogP contribution in [0.15, 0.2) is 34.8 Å². The number of ether oxygens (including phenoxy) is 1. The molecule has 0 aromatic rings. The van der Waals surface area contributed by atoms with Crippen LogP contribution in [-0.2, 0) is 4.74 Å². The van der Waals surface area contributed by atoms with E-state index in [1.807, 2.05) is 0 Å². The average molecular weight is 191 g/mol. The number of methoxy groups -OCH3 is 1. The highest BCUT2D eigenvalue weighted by Crippen LogP contribution is 2.24. The summed E-state index contributed by atoms with van der Waals surface area (Å²) >= 11 is 5.60. The van der Waals surface area contributed by atoms with Crippen molar-refractivity contribution in [1.29, 1.82) is 0 Å². The van der Waals surface area contributed by atoms with E-state index >= 15 is 0 Å². The predicted molar refractivity (Wildman–Crippen MR) is 49.6 cm³/mol. The van der Waals surface area contributed by atoms with Crippen LogP contribution in [0.1, 0.15) is 13.8 Å². The van der Waals surface area contributed by atoms with Gasteiger partial charge in [0.25, 0.3) is 0 Å². The zero-order valence-corrected chi connectivity index (χ0v) is 8.20. The second-order valence-electron chi connectivity index (χ2n) is 2.27. The largest absolute Gasteiger partial charge is 0.494 e. The maximum atomic E-state index is 13.2. The Bertz CT molecular complexity index is 241. The SMILES string of the molecule is C=C(C)/C(Cl)=C(F)\C(=C/C)OC. The number of rotatable bonds is 3. The Labute approximate surface area is 77.2 Å². The van der Waals surface area contributed by atoms with Crippen molar-refractivity contribution in [1.82, 2.24) is 0 Å². The molecule has 0 radical (unpaired) electrons. The quantitative estimate of drug-likeness (QED) is 0.489. The standard InChI is InChI=1S/C9H12ClFO/c1-5-7(12-4)9(11)8(10)6(2)3/h5H,2H2,1,3-4H3/b7-5+,9-8-. The lowest BCUT2D eigenvalue weighted by atomic mass is 10.2. The van der Waals surface area contributed by atoms with Gasteiger partial charge in [0, 0.05) is 0 Å². The summed E-state index contributed by atoms with van der Waals surface area (Å²) in [4.78, 5) is 0. The molecule has 1 nitrogen and oxygen atoms in total. The molecule has 0 atom stereocenters. The van der Waals surface area contributed by atoms with Gasteiger partial charge in [0.15, 0.2) is 11.6 Å². The lowest BCUT2D eigenvalue weighted by molar-refractivity contribution is 0.282. The summed E-state index contributed by atoms with van der Waals surface area (Å²) in [5.74, 6) is -0.447. The first-order valence-electron chi connectivity index (χ1n) is 3.46. The maximum absolute atomic E-state index is 13.2. The molecule has 0 aromatic heterocycles. The van der Waals surface area contributed by atoms with Gasteiger partial charge in [0.2, 0.25) is 0 Å². The highest BCUT2D eigenvalue weighted by atomic mass is 35.5. The van der Waals surface area contributed by atoms with Gasteiger partial charge >= 0.3 is 0 Å². The summed E-state index contributed by atoms with van der Waals surface area (Å²) in [6.07, 6.45) is 1.50. The van der Waals surface area contributed by atoms with Crippen LogP contribution in [0.4, 0.5) is 4.39 Å². The zero-order chi connectivity index (χ0) is 9.72. The molecule has 0 heterocycles. The summed E-state index contributed by atoms with van der Waals surface area (Å²) in [6.45, 7) is 6.81. The summed E-state index contributed by atoms with van der Waals surface area (Å²) in [7, 11) is 1.39. The molecule has 0 bridgehead atoms.